The SMILES string of the molecule is CCCCC1=C(C(=O)OC(C)C)C(c2cccc(OC)c2OCCC)NC(=O)N1. The molecule has 160 valence electrons. The molecule has 0 aromatic heterocycles. The summed E-state index contributed by atoms with van der Waals surface area (Å²) >= 11 is 0. The zero-order valence-electron chi connectivity index (χ0n) is 18.0. The number of allylic oxidation sites excluding steroid dienone is 1. The van der Waals surface area contributed by atoms with E-state index in [1.165, 1.54) is 0 Å². The number of para-hydroxylation sites is 1. The molecule has 2 N–H and O–H groups in total. The van der Waals surface area contributed by atoms with E-state index >= 15 is 0 Å². The van der Waals surface area contributed by atoms with Crippen LogP contribution >= 0.6 is 0 Å². The summed E-state index contributed by atoms with van der Waals surface area (Å²) in [6.45, 7) is 8.16. The van der Waals surface area contributed by atoms with Gasteiger partial charge in [0.2, 0.25) is 0 Å². The van der Waals surface area contributed by atoms with Gasteiger partial charge < -0.3 is 24.8 Å². The summed E-state index contributed by atoms with van der Waals surface area (Å²) in [5, 5.41) is 5.67. The van der Waals surface area contributed by atoms with Crippen LogP contribution in [-0.4, -0.2) is 31.8 Å². The summed E-state index contributed by atoms with van der Waals surface area (Å²) in [4.78, 5) is 25.4. The number of benzene rings is 1. The maximum Gasteiger partial charge on any atom is 0.338 e. The lowest BCUT2D eigenvalue weighted by atomic mass is 9.92. The van der Waals surface area contributed by atoms with Gasteiger partial charge >= 0.3 is 12.0 Å². The normalized spacial score (nSPS) is 16.3. The Morgan fingerprint density at radius 1 is 1.21 bits per heavy atom. The van der Waals surface area contributed by atoms with Crippen LogP contribution in [0.15, 0.2) is 29.5 Å². The first-order valence-corrected chi connectivity index (χ1v) is 10.2. The van der Waals surface area contributed by atoms with Crippen LogP contribution in [0.3, 0.4) is 0 Å². The lowest BCUT2D eigenvalue weighted by Crippen LogP contribution is -2.46. The lowest BCUT2D eigenvalue weighted by Gasteiger charge is -2.31. The number of nitrogens with one attached hydrogen (secondary N) is 2. The number of ether oxygens (including phenoxy) is 3. The molecule has 0 saturated carbocycles. The van der Waals surface area contributed by atoms with Crippen molar-refractivity contribution in [2.45, 2.75) is 65.5 Å². The number of hydrogen-bond donors (Lipinski definition) is 2. The van der Waals surface area contributed by atoms with Gasteiger partial charge in [-0.2, -0.15) is 0 Å². The Morgan fingerprint density at radius 3 is 2.59 bits per heavy atom. The number of esters is 1. The van der Waals surface area contributed by atoms with E-state index in [0.717, 1.165) is 19.3 Å². The van der Waals surface area contributed by atoms with Gasteiger partial charge in [0.25, 0.3) is 0 Å². The average Bonchev–Trinajstić information content (AvgIpc) is 2.69. The zero-order chi connectivity index (χ0) is 21.4. The highest BCUT2D eigenvalue weighted by molar-refractivity contribution is 5.95. The Labute approximate surface area is 172 Å². The predicted molar refractivity (Wildman–Crippen MR) is 111 cm³/mol. The molecule has 0 bridgehead atoms. The summed E-state index contributed by atoms with van der Waals surface area (Å²) in [6.07, 6.45) is 2.90. The average molecular weight is 405 g/mol. The molecular weight excluding hydrogens is 372 g/mol. The highest BCUT2D eigenvalue weighted by Gasteiger charge is 2.36. The molecule has 2 rings (SSSR count). The molecule has 2 amide bonds. The number of unbranched alkanes of at least 4 members (excludes halogenated alkanes) is 1. The molecule has 1 heterocycles. The summed E-state index contributed by atoms with van der Waals surface area (Å²) < 4.78 is 16.9. The van der Waals surface area contributed by atoms with Crippen LogP contribution in [0.25, 0.3) is 0 Å². The van der Waals surface area contributed by atoms with E-state index < -0.39 is 12.0 Å². The van der Waals surface area contributed by atoms with E-state index in [4.69, 9.17) is 14.2 Å². The third-order valence-corrected chi connectivity index (χ3v) is 4.49. The van der Waals surface area contributed by atoms with Crippen molar-refractivity contribution in [3.05, 3.63) is 35.0 Å². The molecule has 0 aliphatic carbocycles. The van der Waals surface area contributed by atoms with Crippen molar-refractivity contribution in [3.8, 4) is 11.5 Å². The van der Waals surface area contributed by atoms with Gasteiger partial charge in [0.05, 0.1) is 31.4 Å². The predicted octanol–water partition coefficient (Wildman–Crippen LogP) is 4.23. The van der Waals surface area contributed by atoms with Gasteiger partial charge in [-0.25, -0.2) is 9.59 Å². The Bertz CT molecular complexity index is 758. The highest BCUT2D eigenvalue weighted by Crippen LogP contribution is 2.40. The quantitative estimate of drug-likeness (QED) is 0.570. The van der Waals surface area contributed by atoms with Crippen molar-refractivity contribution in [3.63, 3.8) is 0 Å². The summed E-state index contributed by atoms with van der Waals surface area (Å²) in [7, 11) is 1.56. The zero-order valence-corrected chi connectivity index (χ0v) is 18.0. The fraction of sp³-hybridized carbons (Fsp3) is 0.545. The molecular formula is C22H32N2O5. The number of methoxy groups -OCH3 is 1. The lowest BCUT2D eigenvalue weighted by molar-refractivity contribution is -0.143. The molecule has 29 heavy (non-hydrogen) atoms. The minimum atomic E-state index is -0.691. The fourth-order valence-electron chi connectivity index (χ4n) is 3.20. The van der Waals surface area contributed by atoms with Crippen molar-refractivity contribution in [2.75, 3.05) is 13.7 Å². The van der Waals surface area contributed by atoms with Crippen molar-refractivity contribution < 1.29 is 23.8 Å². The number of carbonyl (C=O) groups excluding carboxylic acids is 2. The molecule has 0 fully saturated rings. The minimum absolute atomic E-state index is 0.276. The van der Waals surface area contributed by atoms with E-state index in [1.807, 2.05) is 19.1 Å². The largest absolute Gasteiger partial charge is 0.493 e. The molecule has 1 aromatic rings. The summed E-state index contributed by atoms with van der Waals surface area (Å²) in [5.74, 6) is 0.622. The molecule has 1 atom stereocenters. The second-order valence-corrected chi connectivity index (χ2v) is 7.21. The molecule has 0 spiro atoms. The van der Waals surface area contributed by atoms with Gasteiger partial charge in [0.15, 0.2) is 11.5 Å². The maximum absolute atomic E-state index is 13.0. The van der Waals surface area contributed by atoms with Gasteiger partial charge in [0, 0.05) is 11.3 Å². The highest BCUT2D eigenvalue weighted by atomic mass is 16.5. The van der Waals surface area contributed by atoms with Crippen LogP contribution in [0.5, 0.6) is 11.5 Å². The Balaban J connectivity index is 2.60. The van der Waals surface area contributed by atoms with Crippen LogP contribution in [-0.2, 0) is 9.53 Å². The Hall–Kier alpha value is -2.70. The van der Waals surface area contributed by atoms with Crippen LogP contribution in [0.4, 0.5) is 4.79 Å². The van der Waals surface area contributed by atoms with E-state index in [0.29, 0.717) is 41.4 Å². The first-order chi connectivity index (χ1) is 13.9. The van der Waals surface area contributed by atoms with Gasteiger partial charge in [0.1, 0.15) is 0 Å². The summed E-state index contributed by atoms with van der Waals surface area (Å²) in [6, 6.07) is 4.41. The van der Waals surface area contributed by atoms with Crippen molar-refractivity contribution in [1.29, 1.82) is 0 Å². The maximum atomic E-state index is 13.0. The first-order valence-electron chi connectivity index (χ1n) is 10.2. The minimum Gasteiger partial charge on any atom is -0.493 e. The second-order valence-electron chi connectivity index (χ2n) is 7.21. The van der Waals surface area contributed by atoms with E-state index in [-0.39, 0.29) is 12.1 Å². The Kier molecular flexibility index (Phi) is 8.36. The van der Waals surface area contributed by atoms with Crippen molar-refractivity contribution >= 4 is 12.0 Å². The molecule has 1 unspecified atom stereocenters. The number of hydrogen-bond acceptors (Lipinski definition) is 5. The number of urea groups is 1. The van der Waals surface area contributed by atoms with Gasteiger partial charge in [-0.3, -0.25) is 0 Å². The molecule has 7 nitrogen and oxygen atoms in total. The topological polar surface area (TPSA) is 85.9 Å². The molecule has 0 radical (unpaired) electrons. The summed E-state index contributed by atoms with van der Waals surface area (Å²) in [5.41, 5.74) is 1.66. The van der Waals surface area contributed by atoms with Gasteiger partial charge in [-0.15, -0.1) is 0 Å². The molecule has 1 aromatic carbocycles. The van der Waals surface area contributed by atoms with Gasteiger partial charge in [-0.1, -0.05) is 32.4 Å². The van der Waals surface area contributed by atoms with E-state index in [2.05, 4.69) is 17.6 Å². The van der Waals surface area contributed by atoms with E-state index in [9.17, 15) is 9.59 Å². The third kappa shape index (κ3) is 5.65. The molecule has 1 aliphatic heterocycles. The standard InChI is InChI=1S/C22H32N2O5/c1-6-8-11-16-18(21(25)29-14(3)4)19(24-22(26)23-16)15-10-9-12-17(27-5)20(15)28-13-7-2/h9-10,12,14,19H,6-8,11,13H2,1-5H3,(H2,23,24,26). The van der Waals surface area contributed by atoms with Crippen LogP contribution in [0.2, 0.25) is 0 Å². The molecule has 0 saturated heterocycles. The van der Waals surface area contributed by atoms with Crippen LogP contribution in [0, 0.1) is 0 Å². The van der Waals surface area contributed by atoms with Crippen molar-refractivity contribution in [1.82, 2.24) is 10.6 Å². The monoisotopic (exact) mass is 404 g/mol. The van der Waals surface area contributed by atoms with Crippen LogP contribution in [0.1, 0.15) is 65.0 Å². The molecule has 1 aliphatic rings. The van der Waals surface area contributed by atoms with Crippen LogP contribution < -0.4 is 20.1 Å². The molecule has 7 heteroatoms. The number of carbonyl (C=O) groups is 2. The smallest absolute Gasteiger partial charge is 0.338 e. The fourth-order valence-corrected chi connectivity index (χ4v) is 3.20. The number of amides is 2. The second kappa shape index (κ2) is 10.7. The third-order valence-electron chi connectivity index (χ3n) is 4.49. The Morgan fingerprint density at radius 2 is 1.97 bits per heavy atom. The van der Waals surface area contributed by atoms with Gasteiger partial charge in [-0.05, 0) is 39.2 Å². The first kappa shape index (κ1) is 22.6. The van der Waals surface area contributed by atoms with Crippen molar-refractivity contribution in [2.24, 2.45) is 0 Å². The number of rotatable bonds is 10. The van der Waals surface area contributed by atoms with E-state index in [1.54, 1.807) is 27.0 Å².